The summed E-state index contributed by atoms with van der Waals surface area (Å²) in [5.41, 5.74) is 6.32. The van der Waals surface area contributed by atoms with Gasteiger partial charge in [0.1, 0.15) is 11.3 Å². The Morgan fingerprint density at radius 1 is 1.31 bits per heavy atom. The average molecular weight is 518 g/mol. The van der Waals surface area contributed by atoms with Crippen LogP contribution in [0.25, 0.3) is 11.1 Å². The number of H-pyrrole nitrogens is 1. The molecule has 0 radical (unpaired) electrons. The normalized spacial score (nSPS) is 11.5. The summed E-state index contributed by atoms with van der Waals surface area (Å²) in [7, 11) is 0. The van der Waals surface area contributed by atoms with Crippen LogP contribution in [0.15, 0.2) is 27.1 Å². The van der Waals surface area contributed by atoms with E-state index in [1.807, 2.05) is 13.8 Å². The van der Waals surface area contributed by atoms with Gasteiger partial charge in [-0.2, -0.15) is 0 Å². The minimum absolute atomic E-state index is 0.0457. The first-order valence-corrected chi connectivity index (χ1v) is 9.42. The van der Waals surface area contributed by atoms with Crippen molar-refractivity contribution in [1.29, 1.82) is 0 Å². The summed E-state index contributed by atoms with van der Waals surface area (Å²) in [6, 6.07) is 4.08. The van der Waals surface area contributed by atoms with Gasteiger partial charge in [-0.3, -0.25) is 0 Å². The molecule has 0 saturated heterocycles. The Hall–Kier alpha value is -1.98. The molecule has 0 unspecified atom stereocenters. The van der Waals surface area contributed by atoms with Crippen molar-refractivity contribution in [2.24, 2.45) is 0 Å². The van der Waals surface area contributed by atoms with Crippen molar-refractivity contribution in [2.45, 2.75) is 26.1 Å². The zero-order chi connectivity index (χ0) is 22.1. The van der Waals surface area contributed by atoms with Gasteiger partial charge in [0.25, 0.3) is 4.84 Å². The lowest BCUT2D eigenvalue weighted by Crippen LogP contribution is -2.18. The summed E-state index contributed by atoms with van der Waals surface area (Å²) in [4.78, 5) is 2.10. The molecule has 3 rings (SSSR count). The van der Waals surface area contributed by atoms with E-state index in [2.05, 4.69) is 37.9 Å². The molecule has 5 nitrogen and oxygen atoms in total. The van der Waals surface area contributed by atoms with E-state index < -0.39 is 17.9 Å². The van der Waals surface area contributed by atoms with Crippen molar-refractivity contribution in [1.82, 2.24) is 4.98 Å². The average Bonchev–Trinajstić information content (AvgIpc) is 2.96. The van der Waals surface area contributed by atoms with Crippen molar-refractivity contribution in [2.75, 3.05) is 5.73 Å². The van der Waals surface area contributed by atoms with Gasteiger partial charge in [0.15, 0.2) is 17.1 Å². The number of aromatic nitrogens is 1. The van der Waals surface area contributed by atoms with Gasteiger partial charge in [-0.05, 0) is 52.3 Å². The lowest BCUT2D eigenvalue weighted by Gasteiger charge is -2.10. The van der Waals surface area contributed by atoms with Gasteiger partial charge >= 0.3 is 6.36 Å². The number of phenols is 1. The SMILES string of the molecule is CC(C)c1cc(Cl)cc(N)c1O.Fc1cc(Br)c2oc(=S)[nH]c2c1OC(F)(F)F. The summed E-state index contributed by atoms with van der Waals surface area (Å²) < 4.78 is 58.2. The number of nitrogens with two attached hydrogens (primary N) is 1. The highest BCUT2D eigenvalue weighted by Crippen LogP contribution is 2.37. The Morgan fingerprint density at radius 2 is 1.93 bits per heavy atom. The molecule has 0 saturated carbocycles. The topological polar surface area (TPSA) is 84.4 Å². The molecule has 29 heavy (non-hydrogen) atoms. The van der Waals surface area contributed by atoms with Crippen molar-refractivity contribution in [3.63, 3.8) is 0 Å². The molecule has 2 aromatic carbocycles. The van der Waals surface area contributed by atoms with Gasteiger partial charge in [-0.15, -0.1) is 13.2 Å². The fourth-order valence-electron chi connectivity index (χ4n) is 2.32. The van der Waals surface area contributed by atoms with Crippen LogP contribution in [0.3, 0.4) is 0 Å². The van der Waals surface area contributed by atoms with Crippen LogP contribution < -0.4 is 10.5 Å². The van der Waals surface area contributed by atoms with E-state index in [4.69, 9.17) is 21.8 Å². The number of halogens is 6. The molecule has 0 bridgehead atoms. The first kappa shape index (κ1) is 23.3. The van der Waals surface area contributed by atoms with Gasteiger partial charge < -0.3 is 25.0 Å². The first-order valence-electron chi connectivity index (χ1n) is 7.84. The second-order valence-corrected chi connectivity index (χ2v) is 7.68. The molecule has 0 aliphatic carbocycles. The van der Waals surface area contributed by atoms with Crippen molar-refractivity contribution < 1.29 is 31.8 Å². The predicted molar refractivity (Wildman–Crippen MR) is 107 cm³/mol. The minimum atomic E-state index is -5.01. The molecule has 0 amide bonds. The standard InChI is InChI=1S/C9H12ClNO.C8H2BrF4NO2S/c1-5(2)7-3-6(10)4-8(11)9(7)12;9-2-1-3(10)6(16-8(11,12)13)4-5(2)15-7(17)14-4/h3-5,12H,11H2,1-2H3;1H,(H,14,17). The second-order valence-electron chi connectivity index (χ2n) is 6.02. The first-order chi connectivity index (χ1) is 13.3. The van der Waals surface area contributed by atoms with E-state index in [1.54, 1.807) is 12.1 Å². The molecule has 0 aliphatic heterocycles. The summed E-state index contributed by atoms with van der Waals surface area (Å²) in [6.45, 7) is 3.95. The maximum absolute atomic E-state index is 13.4. The molecule has 0 aliphatic rings. The van der Waals surface area contributed by atoms with Gasteiger partial charge in [0, 0.05) is 10.6 Å². The van der Waals surface area contributed by atoms with Crippen LogP contribution in [0.5, 0.6) is 11.5 Å². The number of hydrogen-bond donors (Lipinski definition) is 3. The van der Waals surface area contributed by atoms with E-state index in [0.29, 0.717) is 10.7 Å². The maximum Gasteiger partial charge on any atom is 0.573 e. The van der Waals surface area contributed by atoms with E-state index in [9.17, 15) is 22.7 Å². The third-order valence-corrected chi connectivity index (χ3v) is 4.53. The highest BCUT2D eigenvalue weighted by Gasteiger charge is 2.34. The van der Waals surface area contributed by atoms with Crippen molar-refractivity contribution in [3.8, 4) is 11.5 Å². The molecule has 4 N–H and O–H groups in total. The number of ether oxygens (including phenoxy) is 1. The zero-order valence-electron chi connectivity index (χ0n) is 14.8. The van der Waals surface area contributed by atoms with Crippen molar-refractivity contribution >= 4 is 56.5 Å². The lowest BCUT2D eigenvalue weighted by molar-refractivity contribution is -0.275. The summed E-state index contributed by atoms with van der Waals surface area (Å²) in [5, 5.41) is 10.1. The quantitative estimate of drug-likeness (QED) is 0.147. The summed E-state index contributed by atoms with van der Waals surface area (Å²) in [5.74, 6) is -1.82. The van der Waals surface area contributed by atoms with Crippen LogP contribution in [-0.4, -0.2) is 16.5 Å². The number of anilines is 1. The van der Waals surface area contributed by atoms with Crippen LogP contribution in [0.2, 0.25) is 5.02 Å². The molecule has 0 spiro atoms. The minimum Gasteiger partial charge on any atom is -0.505 e. The number of alkyl halides is 3. The molecule has 158 valence electrons. The molecule has 3 aromatic rings. The monoisotopic (exact) mass is 516 g/mol. The molecule has 0 atom stereocenters. The number of rotatable bonds is 2. The van der Waals surface area contributed by atoms with Crippen LogP contribution in [0.4, 0.5) is 23.2 Å². The Balaban J connectivity index is 0.000000221. The zero-order valence-corrected chi connectivity index (χ0v) is 18.0. The maximum atomic E-state index is 13.4. The fraction of sp³-hybridized carbons (Fsp3) is 0.235. The van der Waals surface area contributed by atoms with Crippen molar-refractivity contribution in [3.05, 3.63) is 43.9 Å². The molecule has 0 fully saturated rings. The summed E-state index contributed by atoms with van der Waals surface area (Å²) >= 11 is 13.3. The number of benzene rings is 2. The van der Waals surface area contributed by atoms with Crippen LogP contribution in [0, 0.1) is 10.7 Å². The van der Waals surface area contributed by atoms with Gasteiger partial charge in [0.2, 0.25) is 0 Å². The van der Waals surface area contributed by atoms with E-state index in [0.717, 1.165) is 11.6 Å². The van der Waals surface area contributed by atoms with Crippen LogP contribution in [0.1, 0.15) is 25.3 Å². The van der Waals surface area contributed by atoms with Crippen LogP contribution in [-0.2, 0) is 0 Å². The van der Waals surface area contributed by atoms with E-state index >= 15 is 0 Å². The Kier molecular flexibility index (Phi) is 7.07. The van der Waals surface area contributed by atoms with E-state index in [1.165, 1.54) is 0 Å². The Labute approximate surface area is 180 Å². The number of oxazole rings is 1. The second kappa shape index (κ2) is 8.80. The highest BCUT2D eigenvalue weighted by molar-refractivity contribution is 9.10. The number of nitrogen functional groups attached to an aromatic ring is 1. The summed E-state index contributed by atoms with van der Waals surface area (Å²) in [6.07, 6.45) is -5.01. The molecule has 1 aromatic heterocycles. The third kappa shape index (κ3) is 5.77. The van der Waals surface area contributed by atoms with E-state index in [-0.39, 0.29) is 32.1 Å². The number of hydrogen-bond acceptors (Lipinski definition) is 5. The van der Waals surface area contributed by atoms with Crippen LogP contribution >= 0.6 is 39.7 Å². The third-order valence-electron chi connectivity index (χ3n) is 3.54. The number of aromatic hydroxyl groups is 1. The van der Waals surface area contributed by atoms with Gasteiger partial charge in [-0.25, -0.2) is 4.39 Å². The highest BCUT2D eigenvalue weighted by atomic mass is 79.9. The number of aromatic amines is 1. The smallest absolute Gasteiger partial charge is 0.505 e. The van der Waals surface area contributed by atoms with Gasteiger partial charge in [0.05, 0.1) is 10.2 Å². The Morgan fingerprint density at radius 3 is 2.48 bits per heavy atom. The molecular weight excluding hydrogens is 504 g/mol. The molecular formula is C17H14BrClF4N2O3S. The largest absolute Gasteiger partial charge is 0.573 e. The number of fused-ring (bicyclic) bond motifs is 1. The Bertz CT molecular complexity index is 1100. The number of phenolic OH excluding ortho intramolecular Hbond substituents is 1. The van der Waals surface area contributed by atoms with Gasteiger partial charge in [-0.1, -0.05) is 25.4 Å². The lowest BCUT2D eigenvalue weighted by atomic mass is 10.0. The molecule has 12 heteroatoms. The fourth-order valence-corrected chi connectivity index (χ4v) is 3.22. The number of nitrogens with one attached hydrogen (secondary N) is 1. The predicted octanol–water partition coefficient (Wildman–Crippen LogP) is 7.04. The molecule has 1 heterocycles.